The highest BCUT2D eigenvalue weighted by molar-refractivity contribution is 7.88. The SMILES string of the molecule is CCOC(=O)NS(=O)(=O)NC(C)C1CCNC1. The Bertz CT molecular complexity index is 351. The van der Waals surface area contributed by atoms with Crippen molar-refractivity contribution >= 4 is 16.3 Å². The van der Waals surface area contributed by atoms with Gasteiger partial charge in [-0.3, -0.25) is 0 Å². The second-order valence-electron chi connectivity index (χ2n) is 3.99. The van der Waals surface area contributed by atoms with Gasteiger partial charge in [-0.25, -0.2) is 9.52 Å². The van der Waals surface area contributed by atoms with Gasteiger partial charge in [-0.2, -0.15) is 13.1 Å². The van der Waals surface area contributed by atoms with Crippen LogP contribution >= 0.6 is 0 Å². The molecule has 0 aromatic carbocycles. The van der Waals surface area contributed by atoms with Gasteiger partial charge in [0.1, 0.15) is 0 Å². The average molecular weight is 265 g/mol. The molecule has 0 radical (unpaired) electrons. The van der Waals surface area contributed by atoms with Crippen LogP contribution < -0.4 is 14.8 Å². The summed E-state index contributed by atoms with van der Waals surface area (Å²) in [5, 5.41) is 3.15. The van der Waals surface area contributed by atoms with Crippen LogP contribution in [0.4, 0.5) is 4.79 Å². The first-order valence-corrected chi connectivity index (χ1v) is 7.10. The Labute approximate surface area is 101 Å². The van der Waals surface area contributed by atoms with Crippen LogP contribution in [0.15, 0.2) is 0 Å². The van der Waals surface area contributed by atoms with Crippen molar-refractivity contribution in [3.8, 4) is 0 Å². The fourth-order valence-corrected chi connectivity index (χ4v) is 2.76. The van der Waals surface area contributed by atoms with Gasteiger partial charge >= 0.3 is 16.3 Å². The van der Waals surface area contributed by atoms with Gasteiger partial charge in [-0.1, -0.05) is 0 Å². The van der Waals surface area contributed by atoms with Gasteiger partial charge in [-0.05, 0) is 39.3 Å². The van der Waals surface area contributed by atoms with Crippen LogP contribution in [0.2, 0.25) is 0 Å². The molecule has 0 bridgehead atoms. The van der Waals surface area contributed by atoms with Crippen molar-refractivity contribution in [1.82, 2.24) is 14.8 Å². The van der Waals surface area contributed by atoms with Crippen LogP contribution in [0.5, 0.6) is 0 Å². The molecule has 0 aromatic heterocycles. The van der Waals surface area contributed by atoms with Gasteiger partial charge < -0.3 is 10.1 Å². The van der Waals surface area contributed by atoms with Crippen LogP contribution in [0.3, 0.4) is 0 Å². The third-order valence-electron chi connectivity index (χ3n) is 2.64. The van der Waals surface area contributed by atoms with Gasteiger partial charge in [0.05, 0.1) is 6.61 Å². The Hall–Kier alpha value is -0.860. The minimum absolute atomic E-state index is 0.128. The van der Waals surface area contributed by atoms with Crippen LogP contribution in [0, 0.1) is 5.92 Å². The van der Waals surface area contributed by atoms with Crippen LogP contribution in [-0.4, -0.2) is 40.2 Å². The Morgan fingerprint density at radius 3 is 2.82 bits per heavy atom. The summed E-state index contributed by atoms with van der Waals surface area (Å²) in [7, 11) is -3.84. The highest BCUT2D eigenvalue weighted by Gasteiger charge is 2.26. The molecule has 1 heterocycles. The number of rotatable bonds is 5. The fourth-order valence-electron chi connectivity index (χ4n) is 1.74. The van der Waals surface area contributed by atoms with E-state index in [1.807, 2.05) is 0 Å². The average Bonchev–Trinajstić information content (AvgIpc) is 2.68. The number of ether oxygens (including phenoxy) is 1. The molecular weight excluding hydrogens is 246 g/mol. The summed E-state index contributed by atoms with van der Waals surface area (Å²) in [4.78, 5) is 11.0. The summed E-state index contributed by atoms with van der Waals surface area (Å²) < 4.78 is 31.8. The summed E-state index contributed by atoms with van der Waals surface area (Å²) >= 11 is 0. The fraction of sp³-hybridized carbons (Fsp3) is 0.889. The van der Waals surface area contributed by atoms with Gasteiger partial charge in [0.2, 0.25) is 0 Å². The molecule has 1 saturated heterocycles. The zero-order valence-corrected chi connectivity index (χ0v) is 10.8. The van der Waals surface area contributed by atoms with Gasteiger partial charge in [0, 0.05) is 6.04 Å². The lowest BCUT2D eigenvalue weighted by Gasteiger charge is -2.19. The van der Waals surface area contributed by atoms with Crippen molar-refractivity contribution in [2.75, 3.05) is 19.7 Å². The molecule has 1 fully saturated rings. The van der Waals surface area contributed by atoms with Crippen LogP contribution in [0.25, 0.3) is 0 Å². The van der Waals surface area contributed by atoms with Gasteiger partial charge in [0.25, 0.3) is 0 Å². The summed E-state index contributed by atoms with van der Waals surface area (Å²) in [6, 6.07) is -0.225. The van der Waals surface area contributed by atoms with Crippen LogP contribution in [0.1, 0.15) is 20.3 Å². The summed E-state index contributed by atoms with van der Waals surface area (Å²) in [6.45, 7) is 5.18. The normalized spacial score (nSPS) is 22.1. The highest BCUT2D eigenvalue weighted by Crippen LogP contribution is 2.12. The minimum atomic E-state index is -3.84. The van der Waals surface area contributed by atoms with E-state index in [2.05, 4.69) is 14.8 Å². The number of carbonyl (C=O) groups is 1. The van der Waals surface area contributed by atoms with Crippen molar-refractivity contribution in [3.63, 3.8) is 0 Å². The van der Waals surface area contributed by atoms with Gasteiger partial charge in [-0.15, -0.1) is 0 Å². The van der Waals surface area contributed by atoms with Crippen molar-refractivity contribution in [2.45, 2.75) is 26.3 Å². The molecule has 8 heteroatoms. The molecule has 7 nitrogen and oxygen atoms in total. The molecule has 0 spiro atoms. The van der Waals surface area contributed by atoms with E-state index in [1.165, 1.54) is 0 Å². The molecule has 2 unspecified atom stereocenters. The first-order valence-electron chi connectivity index (χ1n) is 5.62. The van der Waals surface area contributed by atoms with Crippen molar-refractivity contribution in [3.05, 3.63) is 0 Å². The van der Waals surface area contributed by atoms with E-state index in [-0.39, 0.29) is 18.6 Å². The first-order chi connectivity index (χ1) is 7.94. The summed E-state index contributed by atoms with van der Waals surface area (Å²) in [5.41, 5.74) is 0. The van der Waals surface area contributed by atoms with Crippen molar-refractivity contribution < 1.29 is 17.9 Å². The number of amides is 1. The lowest BCUT2D eigenvalue weighted by molar-refractivity contribution is 0.158. The Kier molecular flexibility index (Phi) is 5.16. The molecule has 0 saturated carbocycles. The van der Waals surface area contributed by atoms with E-state index in [4.69, 9.17) is 0 Å². The van der Waals surface area contributed by atoms with Crippen molar-refractivity contribution in [1.29, 1.82) is 0 Å². The molecule has 3 N–H and O–H groups in total. The van der Waals surface area contributed by atoms with Crippen molar-refractivity contribution in [2.24, 2.45) is 5.92 Å². The second kappa shape index (κ2) is 6.18. The minimum Gasteiger partial charge on any atom is -0.449 e. The van der Waals surface area contributed by atoms with E-state index in [0.717, 1.165) is 19.5 Å². The number of carbonyl (C=O) groups excluding carboxylic acids is 1. The van der Waals surface area contributed by atoms with E-state index in [9.17, 15) is 13.2 Å². The predicted octanol–water partition coefficient (Wildman–Crippen LogP) is -0.435. The lowest BCUT2D eigenvalue weighted by atomic mass is 10.0. The van der Waals surface area contributed by atoms with E-state index in [0.29, 0.717) is 0 Å². The van der Waals surface area contributed by atoms with E-state index >= 15 is 0 Å². The lowest BCUT2D eigenvalue weighted by Crippen LogP contribution is -2.47. The first kappa shape index (κ1) is 14.2. The van der Waals surface area contributed by atoms with Crippen LogP contribution in [-0.2, 0) is 14.9 Å². The monoisotopic (exact) mass is 265 g/mol. The second-order valence-corrected chi connectivity index (χ2v) is 5.43. The maximum atomic E-state index is 11.5. The molecular formula is C9H19N3O4S. The number of nitrogens with one attached hydrogen (secondary N) is 3. The molecule has 1 rings (SSSR count). The zero-order chi connectivity index (χ0) is 12.9. The standard InChI is InChI=1S/C9H19N3O4S/c1-3-16-9(13)12-17(14,15)11-7(2)8-4-5-10-6-8/h7-8,10-11H,3-6H2,1-2H3,(H,12,13). The summed E-state index contributed by atoms with van der Waals surface area (Å²) in [6.07, 6.45) is -0.0416. The largest absolute Gasteiger partial charge is 0.449 e. The number of hydrogen-bond acceptors (Lipinski definition) is 5. The smallest absolute Gasteiger partial charge is 0.421 e. The Morgan fingerprint density at radius 1 is 1.59 bits per heavy atom. The summed E-state index contributed by atoms with van der Waals surface area (Å²) in [5.74, 6) is 0.244. The quantitative estimate of drug-likeness (QED) is 0.626. The number of hydrogen-bond donors (Lipinski definition) is 3. The zero-order valence-electron chi connectivity index (χ0n) is 10.0. The Balaban J connectivity index is 2.45. The van der Waals surface area contributed by atoms with E-state index < -0.39 is 16.3 Å². The predicted molar refractivity (Wildman–Crippen MR) is 62.7 cm³/mol. The molecule has 0 aliphatic carbocycles. The van der Waals surface area contributed by atoms with Gasteiger partial charge in [0.15, 0.2) is 0 Å². The molecule has 100 valence electrons. The third kappa shape index (κ3) is 4.88. The highest BCUT2D eigenvalue weighted by atomic mass is 32.2. The maximum absolute atomic E-state index is 11.5. The molecule has 2 atom stereocenters. The maximum Gasteiger partial charge on any atom is 0.421 e. The Morgan fingerprint density at radius 2 is 2.29 bits per heavy atom. The van der Waals surface area contributed by atoms with E-state index in [1.54, 1.807) is 18.6 Å². The topological polar surface area (TPSA) is 96.5 Å². The molecule has 17 heavy (non-hydrogen) atoms. The molecule has 1 amide bonds. The molecule has 1 aliphatic heterocycles. The molecule has 1 aliphatic rings. The third-order valence-corrected chi connectivity index (χ3v) is 3.76. The molecule has 0 aromatic rings.